The minimum absolute atomic E-state index is 0.110. The quantitative estimate of drug-likeness (QED) is 0.273. The average molecular weight is 408 g/mol. The number of aryl methyl sites for hydroxylation is 1. The Hall–Kier alpha value is -3.52. The third-order valence-corrected chi connectivity index (χ3v) is 5.19. The second-order valence-electron chi connectivity index (χ2n) is 7.11. The molecule has 0 spiro atoms. The van der Waals surface area contributed by atoms with Gasteiger partial charge in [0.25, 0.3) is 11.8 Å². The summed E-state index contributed by atoms with van der Waals surface area (Å²) in [5, 5.41) is 28.1. The molecule has 1 aliphatic rings. The van der Waals surface area contributed by atoms with Crippen molar-refractivity contribution >= 4 is 23.2 Å². The Morgan fingerprint density at radius 1 is 1.20 bits per heavy atom. The van der Waals surface area contributed by atoms with Gasteiger partial charge in [0, 0.05) is 23.3 Å². The summed E-state index contributed by atoms with van der Waals surface area (Å²) < 4.78 is 5.25. The minimum atomic E-state index is -0.583. The smallest absolute Gasteiger partial charge is 0.274 e. The summed E-state index contributed by atoms with van der Waals surface area (Å²) in [6.07, 6.45) is 2.21. The Morgan fingerprint density at radius 2 is 1.97 bits per heavy atom. The Bertz CT molecular complexity index is 1000. The third-order valence-electron chi connectivity index (χ3n) is 5.19. The maximum Gasteiger partial charge on any atom is 0.274 e. The van der Waals surface area contributed by atoms with Crippen LogP contribution in [-0.4, -0.2) is 35.6 Å². The zero-order valence-electron chi connectivity index (χ0n) is 16.6. The van der Waals surface area contributed by atoms with Gasteiger partial charge in [0.15, 0.2) is 0 Å². The van der Waals surface area contributed by atoms with Gasteiger partial charge in [-0.2, -0.15) is 0 Å². The number of rotatable bonds is 7. The Kier molecular flexibility index (Phi) is 6.58. The van der Waals surface area contributed by atoms with Crippen LogP contribution in [0.1, 0.15) is 52.4 Å². The van der Waals surface area contributed by atoms with Crippen molar-refractivity contribution in [3.05, 3.63) is 64.7 Å². The fraction of sp³-hybridized carbons (Fsp3) is 0.273. The standard InChI is InChI=1S/C22H24N4O4/c1-30-20-8-3-2-6-16(20)17(23)12-18(24)22(28)25-19-7-4-5-13-11-14(21(27)26-29)9-10-15(13)19/h2-3,6,8-11,19,23-24,29H,4-5,7,12H2,1H3,(H,25,28)(H,26,27). The Morgan fingerprint density at radius 3 is 2.70 bits per heavy atom. The molecular weight excluding hydrogens is 384 g/mol. The van der Waals surface area contributed by atoms with Gasteiger partial charge in [-0.25, -0.2) is 5.48 Å². The lowest BCUT2D eigenvalue weighted by Crippen LogP contribution is -2.36. The maximum atomic E-state index is 12.6. The van der Waals surface area contributed by atoms with Crippen LogP contribution in [0.2, 0.25) is 0 Å². The molecule has 5 N–H and O–H groups in total. The van der Waals surface area contributed by atoms with Gasteiger partial charge in [-0.05, 0) is 54.7 Å². The predicted octanol–water partition coefficient (Wildman–Crippen LogP) is 2.79. The van der Waals surface area contributed by atoms with Crippen molar-refractivity contribution in [1.29, 1.82) is 10.8 Å². The highest BCUT2D eigenvalue weighted by Gasteiger charge is 2.25. The van der Waals surface area contributed by atoms with E-state index in [-0.39, 0.29) is 23.9 Å². The Balaban J connectivity index is 1.68. The normalized spacial score (nSPS) is 14.9. The van der Waals surface area contributed by atoms with E-state index >= 15 is 0 Å². The zero-order valence-corrected chi connectivity index (χ0v) is 16.6. The van der Waals surface area contributed by atoms with Crippen molar-refractivity contribution in [1.82, 2.24) is 10.8 Å². The van der Waals surface area contributed by atoms with Crippen LogP contribution in [0.15, 0.2) is 42.5 Å². The van der Waals surface area contributed by atoms with Crippen molar-refractivity contribution in [3.8, 4) is 5.75 Å². The highest BCUT2D eigenvalue weighted by molar-refractivity contribution is 6.41. The number of nitrogens with one attached hydrogen (secondary N) is 4. The molecule has 156 valence electrons. The van der Waals surface area contributed by atoms with Crippen LogP contribution in [0.5, 0.6) is 5.75 Å². The molecule has 1 atom stereocenters. The topological polar surface area (TPSA) is 135 Å². The molecule has 30 heavy (non-hydrogen) atoms. The molecule has 0 aliphatic heterocycles. The molecule has 0 bridgehead atoms. The number of carbonyl (C=O) groups excluding carboxylic acids is 2. The second kappa shape index (κ2) is 9.32. The number of ether oxygens (including phenoxy) is 1. The van der Waals surface area contributed by atoms with Crippen LogP contribution in [0.3, 0.4) is 0 Å². The first-order valence-electron chi connectivity index (χ1n) is 9.61. The van der Waals surface area contributed by atoms with Crippen molar-refractivity contribution in [2.75, 3.05) is 7.11 Å². The number of hydrogen-bond donors (Lipinski definition) is 5. The van der Waals surface area contributed by atoms with Crippen LogP contribution in [0.25, 0.3) is 0 Å². The van der Waals surface area contributed by atoms with Crippen LogP contribution >= 0.6 is 0 Å². The molecule has 2 aromatic carbocycles. The number of hydroxylamine groups is 1. The van der Waals surface area contributed by atoms with E-state index in [1.165, 1.54) is 7.11 Å². The number of methoxy groups -OCH3 is 1. The molecule has 0 aromatic heterocycles. The summed E-state index contributed by atoms with van der Waals surface area (Å²) in [5.41, 5.74) is 4.29. The van der Waals surface area contributed by atoms with E-state index in [9.17, 15) is 9.59 Å². The van der Waals surface area contributed by atoms with Crippen LogP contribution in [-0.2, 0) is 11.2 Å². The van der Waals surface area contributed by atoms with Crippen molar-refractivity contribution in [2.45, 2.75) is 31.7 Å². The van der Waals surface area contributed by atoms with Crippen molar-refractivity contribution in [3.63, 3.8) is 0 Å². The molecule has 0 radical (unpaired) electrons. The first-order valence-corrected chi connectivity index (χ1v) is 9.61. The summed E-state index contributed by atoms with van der Waals surface area (Å²) in [4.78, 5) is 24.2. The minimum Gasteiger partial charge on any atom is -0.496 e. The van der Waals surface area contributed by atoms with E-state index in [2.05, 4.69) is 5.32 Å². The van der Waals surface area contributed by atoms with Gasteiger partial charge >= 0.3 is 0 Å². The molecule has 3 rings (SSSR count). The van der Waals surface area contributed by atoms with Crippen molar-refractivity contribution < 1.29 is 19.5 Å². The van der Waals surface area contributed by atoms with Gasteiger partial charge in [0.1, 0.15) is 11.5 Å². The van der Waals surface area contributed by atoms with Crippen molar-refractivity contribution in [2.24, 2.45) is 0 Å². The van der Waals surface area contributed by atoms with Gasteiger partial charge in [-0.3, -0.25) is 20.2 Å². The summed E-state index contributed by atoms with van der Waals surface area (Å²) >= 11 is 0. The van der Waals surface area contributed by atoms with Crippen LogP contribution in [0.4, 0.5) is 0 Å². The first-order chi connectivity index (χ1) is 14.4. The maximum absolute atomic E-state index is 12.6. The fourth-order valence-corrected chi connectivity index (χ4v) is 3.66. The second-order valence-corrected chi connectivity index (χ2v) is 7.11. The lowest BCUT2D eigenvalue weighted by Gasteiger charge is -2.27. The van der Waals surface area contributed by atoms with E-state index in [4.69, 9.17) is 20.8 Å². The summed E-state index contributed by atoms with van der Waals surface area (Å²) in [6, 6.07) is 11.8. The number of fused-ring (bicyclic) bond motifs is 1. The number of benzene rings is 2. The first kappa shape index (κ1) is 21.2. The van der Waals surface area contributed by atoms with Gasteiger partial charge in [0.05, 0.1) is 13.2 Å². The molecule has 8 heteroatoms. The SMILES string of the molecule is COc1ccccc1C(=N)CC(=N)C(=O)NC1CCCc2cc(C(=O)NO)ccc21. The monoisotopic (exact) mass is 408 g/mol. The van der Waals surface area contributed by atoms with E-state index < -0.39 is 11.8 Å². The molecule has 1 unspecified atom stereocenters. The zero-order chi connectivity index (χ0) is 21.7. The predicted molar refractivity (Wildman–Crippen MR) is 112 cm³/mol. The Labute approximate surface area is 174 Å². The highest BCUT2D eigenvalue weighted by atomic mass is 16.5. The van der Waals surface area contributed by atoms with Gasteiger partial charge < -0.3 is 15.5 Å². The molecule has 2 amide bonds. The van der Waals surface area contributed by atoms with E-state index in [1.54, 1.807) is 47.9 Å². The van der Waals surface area contributed by atoms with E-state index in [1.807, 2.05) is 0 Å². The summed E-state index contributed by atoms with van der Waals surface area (Å²) in [7, 11) is 1.51. The fourth-order valence-electron chi connectivity index (χ4n) is 3.66. The number of amides is 2. The van der Waals surface area contributed by atoms with Crippen LogP contribution in [0, 0.1) is 10.8 Å². The molecule has 2 aromatic rings. The van der Waals surface area contributed by atoms with Gasteiger partial charge in [-0.15, -0.1) is 0 Å². The van der Waals surface area contributed by atoms with Gasteiger partial charge in [-0.1, -0.05) is 18.2 Å². The highest BCUT2D eigenvalue weighted by Crippen LogP contribution is 2.30. The molecule has 1 aliphatic carbocycles. The summed E-state index contributed by atoms with van der Waals surface area (Å²) in [6.45, 7) is 0. The lowest BCUT2D eigenvalue weighted by molar-refractivity contribution is -0.115. The van der Waals surface area contributed by atoms with Gasteiger partial charge in [0.2, 0.25) is 0 Å². The number of para-hydroxylation sites is 1. The molecule has 0 fully saturated rings. The van der Waals surface area contributed by atoms with E-state index in [0.717, 1.165) is 30.4 Å². The van der Waals surface area contributed by atoms with Crippen LogP contribution < -0.4 is 15.5 Å². The third kappa shape index (κ3) is 4.55. The summed E-state index contributed by atoms with van der Waals surface area (Å²) in [5.74, 6) is -0.579. The molecule has 8 nitrogen and oxygen atoms in total. The van der Waals surface area contributed by atoms with E-state index in [0.29, 0.717) is 16.9 Å². The molecule has 0 saturated heterocycles. The largest absolute Gasteiger partial charge is 0.496 e. The lowest BCUT2D eigenvalue weighted by atomic mass is 9.86. The molecule has 0 saturated carbocycles. The molecule has 0 heterocycles. The number of carbonyl (C=O) groups is 2. The average Bonchev–Trinajstić information content (AvgIpc) is 2.78. The molecular formula is C22H24N4O4. The number of hydrogen-bond acceptors (Lipinski definition) is 6.